The van der Waals surface area contributed by atoms with E-state index in [0.717, 1.165) is 19.3 Å². The number of ether oxygens (including phenoxy) is 1. The first-order chi connectivity index (χ1) is 8.12. The minimum Gasteiger partial charge on any atom is -0.481 e. The van der Waals surface area contributed by atoms with Crippen LogP contribution in [-0.4, -0.2) is 36.2 Å². The zero-order chi connectivity index (χ0) is 12.3. The summed E-state index contributed by atoms with van der Waals surface area (Å²) in [7, 11) is 0. The van der Waals surface area contributed by atoms with Gasteiger partial charge in [0.2, 0.25) is 5.91 Å². The molecule has 0 radical (unpaired) electrons. The zero-order valence-corrected chi connectivity index (χ0v) is 9.91. The number of hydrogen-bond donors (Lipinski definition) is 2. The second-order valence-corrected chi connectivity index (χ2v) is 5.12. The molecule has 0 aromatic carbocycles. The molecule has 5 heteroatoms. The zero-order valence-electron chi connectivity index (χ0n) is 9.91. The van der Waals surface area contributed by atoms with Crippen LogP contribution in [0.4, 0.5) is 0 Å². The number of aliphatic carboxylic acids is 1. The van der Waals surface area contributed by atoms with Gasteiger partial charge in [0.15, 0.2) is 0 Å². The van der Waals surface area contributed by atoms with Gasteiger partial charge in [-0.1, -0.05) is 19.3 Å². The lowest BCUT2D eigenvalue weighted by Crippen LogP contribution is -2.50. The largest absolute Gasteiger partial charge is 0.481 e. The molecule has 17 heavy (non-hydrogen) atoms. The Hall–Kier alpha value is -1.10. The van der Waals surface area contributed by atoms with Crippen molar-refractivity contribution in [3.05, 3.63) is 0 Å². The van der Waals surface area contributed by atoms with Gasteiger partial charge in [-0.25, -0.2) is 0 Å². The number of carboxylic acids is 1. The fraction of sp³-hybridized carbons (Fsp3) is 0.833. The quantitative estimate of drug-likeness (QED) is 0.767. The Morgan fingerprint density at radius 2 is 1.88 bits per heavy atom. The van der Waals surface area contributed by atoms with E-state index in [9.17, 15) is 14.7 Å². The molecule has 0 atom stereocenters. The molecule has 0 aromatic rings. The normalized spacial score (nSPS) is 23.8. The lowest BCUT2D eigenvalue weighted by atomic mass is 9.71. The summed E-state index contributed by atoms with van der Waals surface area (Å²) in [4.78, 5) is 23.2. The lowest BCUT2D eigenvalue weighted by molar-refractivity contribution is -0.154. The van der Waals surface area contributed by atoms with Crippen LogP contribution < -0.4 is 5.32 Å². The third kappa shape index (κ3) is 2.77. The highest BCUT2D eigenvalue weighted by molar-refractivity contribution is 5.85. The molecule has 1 aliphatic heterocycles. The molecule has 2 rings (SSSR count). The molecule has 2 fully saturated rings. The molecular formula is C12H19NO4. The Morgan fingerprint density at radius 3 is 2.35 bits per heavy atom. The molecule has 2 N–H and O–H groups in total. The van der Waals surface area contributed by atoms with Gasteiger partial charge in [0, 0.05) is 6.42 Å². The fourth-order valence-electron chi connectivity index (χ4n) is 2.60. The molecule has 0 aromatic heterocycles. The van der Waals surface area contributed by atoms with E-state index in [1.807, 2.05) is 0 Å². The van der Waals surface area contributed by atoms with Gasteiger partial charge in [0.25, 0.3) is 0 Å². The van der Waals surface area contributed by atoms with E-state index in [4.69, 9.17) is 4.74 Å². The number of hydrogen-bond acceptors (Lipinski definition) is 3. The van der Waals surface area contributed by atoms with Gasteiger partial charge in [-0.3, -0.25) is 9.59 Å². The second kappa shape index (κ2) is 5.04. The first-order valence-electron chi connectivity index (χ1n) is 6.23. The number of nitrogens with one attached hydrogen (secondary N) is 1. The molecule has 1 heterocycles. The van der Waals surface area contributed by atoms with Gasteiger partial charge < -0.3 is 15.2 Å². The van der Waals surface area contributed by atoms with E-state index in [1.54, 1.807) is 0 Å². The highest BCUT2D eigenvalue weighted by Crippen LogP contribution is 2.39. The van der Waals surface area contributed by atoms with E-state index in [1.165, 1.54) is 0 Å². The monoisotopic (exact) mass is 241 g/mol. The lowest BCUT2D eigenvalue weighted by Gasteiger charge is -2.34. The van der Waals surface area contributed by atoms with Crippen LogP contribution >= 0.6 is 0 Å². The van der Waals surface area contributed by atoms with Gasteiger partial charge in [0.05, 0.1) is 24.7 Å². The number of rotatable bonds is 4. The number of carbonyl (C=O) groups is 2. The maximum Gasteiger partial charge on any atom is 0.310 e. The molecule has 2 aliphatic rings. The summed E-state index contributed by atoms with van der Waals surface area (Å²) in [5.41, 5.74) is -0.826. The Labute approximate surface area is 101 Å². The van der Waals surface area contributed by atoms with Crippen molar-refractivity contribution in [1.29, 1.82) is 0 Å². The smallest absolute Gasteiger partial charge is 0.310 e. The third-order valence-electron chi connectivity index (χ3n) is 3.77. The van der Waals surface area contributed by atoms with Crippen molar-refractivity contribution in [2.45, 2.75) is 44.6 Å². The summed E-state index contributed by atoms with van der Waals surface area (Å²) in [5.74, 6) is -0.972. The van der Waals surface area contributed by atoms with Crippen molar-refractivity contribution < 1.29 is 19.4 Å². The molecular weight excluding hydrogens is 222 g/mol. The third-order valence-corrected chi connectivity index (χ3v) is 3.77. The van der Waals surface area contributed by atoms with Crippen molar-refractivity contribution >= 4 is 11.9 Å². The molecule has 1 saturated heterocycles. The van der Waals surface area contributed by atoms with Gasteiger partial charge in [0.1, 0.15) is 0 Å². The van der Waals surface area contributed by atoms with Crippen LogP contribution in [0.3, 0.4) is 0 Å². The maximum atomic E-state index is 11.8. The van der Waals surface area contributed by atoms with E-state index >= 15 is 0 Å². The van der Waals surface area contributed by atoms with Gasteiger partial charge in [-0.2, -0.15) is 0 Å². The van der Waals surface area contributed by atoms with Gasteiger partial charge in [-0.05, 0) is 12.8 Å². The van der Waals surface area contributed by atoms with Crippen LogP contribution in [-0.2, 0) is 14.3 Å². The molecule has 5 nitrogen and oxygen atoms in total. The predicted molar refractivity (Wildman–Crippen MR) is 60.5 cm³/mol. The van der Waals surface area contributed by atoms with E-state index < -0.39 is 11.4 Å². The van der Waals surface area contributed by atoms with Crippen LogP contribution in [0.25, 0.3) is 0 Å². The van der Waals surface area contributed by atoms with Crippen LogP contribution in [0.5, 0.6) is 0 Å². The standard InChI is InChI=1S/C12H19NO4/c14-10(13-9-7-17-8-9)6-12(11(15)16)4-2-1-3-5-12/h9H,1-8H2,(H,13,14)(H,15,16). The second-order valence-electron chi connectivity index (χ2n) is 5.12. The number of carbonyl (C=O) groups excluding carboxylic acids is 1. The summed E-state index contributed by atoms with van der Waals surface area (Å²) in [6.45, 7) is 1.09. The van der Waals surface area contributed by atoms with Crippen LogP contribution in [0.15, 0.2) is 0 Å². The highest BCUT2D eigenvalue weighted by Gasteiger charge is 2.41. The molecule has 1 aliphatic carbocycles. The average Bonchev–Trinajstić information content (AvgIpc) is 2.25. The summed E-state index contributed by atoms with van der Waals surface area (Å²) < 4.78 is 4.97. The summed E-state index contributed by atoms with van der Waals surface area (Å²) in [6.07, 6.45) is 4.25. The first kappa shape index (κ1) is 12.4. The molecule has 0 spiro atoms. The Bertz CT molecular complexity index is 306. The fourth-order valence-corrected chi connectivity index (χ4v) is 2.60. The van der Waals surface area contributed by atoms with Crippen molar-refractivity contribution in [3.8, 4) is 0 Å². The van der Waals surface area contributed by atoms with Crippen molar-refractivity contribution in [2.24, 2.45) is 5.41 Å². The Morgan fingerprint density at radius 1 is 1.24 bits per heavy atom. The van der Waals surface area contributed by atoms with Crippen molar-refractivity contribution in [2.75, 3.05) is 13.2 Å². The van der Waals surface area contributed by atoms with E-state index in [0.29, 0.717) is 26.1 Å². The average molecular weight is 241 g/mol. The van der Waals surface area contributed by atoms with Gasteiger partial charge in [-0.15, -0.1) is 0 Å². The number of amides is 1. The molecule has 96 valence electrons. The highest BCUT2D eigenvalue weighted by atomic mass is 16.5. The van der Waals surface area contributed by atoms with Gasteiger partial charge >= 0.3 is 5.97 Å². The topological polar surface area (TPSA) is 75.6 Å². The van der Waals surface area contributed by atoms with E-state index in [-0.39, 0.29) is 18.4 Å². The van der Waals surface area contributed by atoms with Crippen LogP contribution in [0.1, 0.15) is 38.5 Å². The molecule has 0 bridgehead atoms. The van der Waals surface area contributed by atoms with Crippen LogP contribution in [0, 0.1) is 5.41 Å². The summed E-state index contributed by atoms with van der Waals surface area (Å²) >= 11 is 0. The summed E-state index contributed by atoms with van der Waals surface area (Å²) in [6, 6.07) is 0.0805. The SMILES string of the molecule is O=C(CC1(C(=O)O)CCCCC1)NC1COC1. The maximum absolute atomic E-state index is 11.8. The van der Waals surface area contributed by atoms with E-state index in [2.05, 4.69) is 5.32 Å². The molecule has 1 amide bonds. The van der Waals surface area contributed by atoms with Crippen molar-refractivity contribution in [1.82, 2.24) is 5.32 Å². The minimum absolute atomic E-state index is 0.0805. The molecule has 0 unspecified atom stereocenters. The Balaban J connectivity index is 1.91. The molecule has 1 saturated carbocycles. The van der Waals surface area contributed by atoms with Crippen molar-refractivity contribution in [3.63, 3.8) is 0 Å². The first-order valence-corrected chi connectivity index (χ1v) is 6.23. The minimum atomic E-state index is -0.826. The predicted octanol–water partition coefficient (Wildman–Crippen LogP) is 0.927. The number of carboxylic acid groups (broad SMARTS) is 1. The summed E-state index contributed by atoms with van der Waals surface area (Å²) in [5, 5.41) is 12.2. The van der Waals surface area contributed by atoms with Crippen LogP contribution in [0.2, 0.25) is 0 Å². The Kier molecular flexibility index (Phi) is 3.66.